The van der Waals surface area contributed by atoms with Crippen molar-refractivity contribution in [3.05, 3.63) is 48.0 Å². The molecule has 106 valence electrons. The van der Waals surface area contributed by atoms with Crippen molar-refractivity contribution < 1.29 is 0 Å². The molecule has 0 amide bonds. The molecule has 0 spiro atoms. The first-order chi connectivity index (χ1) is 9.83. The molecule has 1 aromatic carbocycles. The van der Waals surface area contributed by atoms with E-state index in [-0.39, 0.29) is 0 Å². The Balaban J connectivity index is 1.51. The summed E-state index contributed by atoms with van der Waals surface area (Å²) in [6.07, 6.45) is 5.72. The molecule has 1 saturated heterocycles. The maximum Gasteiger partial charge on any atom is 0.0946 e. The van der Waals surface area contributed by atoms with Crippen molar-refractivity contribution in [2.75, 3.05) is 37.6 Å². The van der Waals surface area contributed by atoms with E-state index in [0.29, 0.717) is 0 Å². The normalized spacial score (nSPS) is 16.6. The first-order valence-electron chi connectivity index (χ1n) is 7.00. The molecule has 0 bridgehead atoms. The molecule has 1 aromatic heterocycles. The number of rotatable bonds is 4. The Morgan fingerprint density at radius 1 is 1.05 bits per heavy atom. The second kappa shape index (κ2) is 6.29. The highest BCUT2D eigenvalue weighted by atomic mass is 35.5. The lowest BCUT2D eigenvalue weighted by Gasteiger charge is -2.36. The van der Waals surface area contributed by atoms with Gasteiger partial charge in [-0.25, -0.2) is 4.98 Å². The van der Waals surface area contributed by atoms with E-state index in [4.69, 9.17) is 11.6 Å². The van der Waals surface area contributed by atoms with Crippen LogP contribution in [0.4, 0.5) is 5.69 Å². The molecule has 1 aliphatic rings. The second-order valence-electron chi connectivity index (χ2n) is 5.08. The van der Waals surface area contributed by atoms with Crippen LogP contribution in [0.25, 0.3) is 0 Å². The summed E-state index contributed by atoms with van der Waals surface area (Å²) in [5.41, 5.74) is 1.16. The van der Waals surface area contributed by atoms with E-state index < -0.39 is 0 Å². The Kier molecular flexibility index (Phi) is 4.23. The van der Waals surface area contributed by atoms with Crippen molar-refractivity contribution in [3.63, 3.8) is 0 Å². The largest absolute Gasteiger partial charge is 0.368 e. The highest BCUT2D eigenvalue weighted by molar-refractivity contribution is 6.33. The van der Waals surface area contributed by atoms with Crippen LogP contribution in [0.2, 0.25) is 5.02 Å². The summed E-state index contributed by atoms with van der Waals surface area (Å²) in [5.74, 6) is 0. The van der Waals surface area contributed by atoms with Crippen LogP contribution < -0.4 is 4.90 Å². The summed E-state index contributed by atoms with van der Waals surface area (Å²) in [5, 5.41) is 0.847. The molecule has 3 rings (SSSR count). The van der Waals surface area contributed by atoms with Gasteiger partial charge in [0.1, 0.15) is 0 Å². The van der Waals surface area contributed by atoms with Gasteiger partial charge in [-0.15, -0.1) is 0 Å². The van der Waals surface area contributed by atoms with E-state index in [1.807, 2.05) is 36.9 Å². The lowest BCUT2D eigenvalue weighted by molar-refractivity contribution is 0.248. The molecule has 5 heteroatoms. The van der Waals surface area contributed by atoms with Crippen molar-refractivity contribution >= 4 is 17.3 Å². The summed E-state index contributed by atoms with van der Waals surface area (Å²) in [6, 6.07) is 8.09. The van der Waals surface area contributed by atoms with Crippen LogP contribution in [-0.2, 0) is 6.54 Å². The quantitative estimate of drug-likeness (QED) is 0.864. The predicted octanol–water partition coefficient (Wildman–Crippen LogP) is 2.36. The van der Waals surface area contributed by atoms with Gasteiger partial charge in [-0.1, -0.05) is 23.7 Å². The van der Waals surface area contributed by atoms with Crippen molar-refractivity contribution in [2.24, 2.45) is 0 Å². The minimum Gasteiger partial charge on any atom is -0.368 e. The minimum absolute atomic E-state index is 0.847. The summed E-state index contributed by atoms with van der Waals surface area (Å²) >= 11 is 6.26. The molecule has 0 unspecified atom stereocenters. The van der Waals surface area contributed by atoms with Crippen LogP contribution in [0, 0.1) is 0 Å². The van der Waals surface area contributed by atoms with Gasteiger partial charge in [0.25, 0.3) is 0 Å². The fourth-order valence-electron chi connectivity index (χ4n) is 2.60. The third-order valence-corrected chi connectivity index (χ3v) is 4.12. The third kappa shape index (κ3) is 3.14. The van der Waals surface area contributed by atoms with Gasteiger partial charge < -0.3 is 9.47 Å². The van der Waals surface area contributed by atoms with Gasteiger partial charge in [0, 0.05) is 51.7 Å². The summed E-state index contributed by atoms with van der Waals surface area (Å²) < 4.78 is 2.13. The average Bonchev–Trinajstić information content (AvgIpc) is 3.00. The van der Waals surface area contributed by atoms with Crippen LogP contribution in [0.3, 0.4) is 0 Å². The molecule has 1 aliphatic heterocycles. The van der Waals surface area contributed by atoms with E-state index in [1.165, 1.54) is 0 Å². The highest BCUT2D eigenvalue weighted by Crippen LogP contribution is 2.25. The number of hydrogen-bond donors (Lipinski definition) is 0. The van der Waals surface area contributed by atoms with Crippen molar-refractivity contribution in [1.82, 2.24) is 14.5 Å². The number of benzene rings is 1. The first kappa shape index (κ1) is 13.5. The van der Waals surface area contributed by atoms with Crippen molar-refractivity contribution in [1.29, 1.82) is 0 Å². The molecule has 2 heterocycles. The average molecular weight is 291 g/mol. The van der Waals surface area contributed by atoms with E-state index >= 15 is 0 Å². The molecule has 20 heavy (non-hydrogen) atoms. The summed E-state index contributed by atoms with van der Waals surface area (Å²) in [6.45, 7) is 6.32. The van der Waals surface area contributed by atoms with Crippen molar-refractivity contribution in [2.45, 2.75) is 6.54 Å². The smallest absolute Gasteiger partial charge is 0.0946 e. The third-order valence-electron chi connectivity index (χ3n) is 3.80. The van der Waals surface area contributed by atoms with Gasteiger partial charge in [-0.05, 0) is 12.1 Å². The van der Waals surface area contributed by atoms with Crippen LogP contribution in [0.1, 0.15) is 0 Å². The van der Waals surface area contributed by atoms with E-state index in [0.717, 1.165) is 50.0 Å². The number of halogens is 1. The molecule has 0 atom stereocenters. The Bertz CT molecular complexity index is 533. The van der Waals surface area contributed by atoms with Crippen LogP contribution >= 0.6 is 11.6 Å². The standard InChI is InChI=1S/C15H19ClN4/c16-14-3-1-2-4-15(14)20-11-9-18(10-12-20)7-8-19-6-5-17-13-19/h1-6,13H,7-12H2. The van der Waals surface area contributed by atoms with Gasteiger partial charge in [-0.3, -0.25) is 4.90 Å². The minimum atomic E-state index is 0.847. The molecule has 4 nitrogen and oxygen atoms in total. The number of nitrogens with zero attached hydrogens (tertiary/aromatic N) is 4. The van der Waals surface area contributed by atoms with Gasteiger partial charge >= 0.3 is 0 Å². The summed E-state index contributed by atoms with van der Waals surface area (Å²) in [7, 11) is 0. The number of anilines is 1. The van der Waals surface area contributed by atoms with Gasteiger partial charge in [-0.2, -0.15) is 0 Å². The molecule has 1 fully saturated rings. The lowest BCUT2D eigenvalue weighted by Crippen LogP contribution is -2.47. The van der Waals surface area contributed by atoms with Crippen LogP contribution in [-0.4, -0.2) is 47.2 Å². The molecule has 0 radical (unpaired) electrons. The number of piperazine rings is 1. The topological polar surface area (TPSA) is 24.3 Å². The van der Waals surface area contributed by atoms with Crippen molar-refractivity contribution in [3.8, 4) is 0 Å². The van der Waals surface area contributed by atoms with Gasteiger partial charge in [0.2, 0.25) is 0 Å². The Morgan fingerprint density at radius 2 is 1.85 bits per heavy atom. The molecular formula is C15H19ClN4. The van der Waals surface area contributed by atoms with E-state index in [2.05, 4.69) is 25.4 Å². The maximum absolute atomic E-state index is 6.26. The maximum atomic E-state index is 6.26. The lowest BCUT2D eigenvalue weighted by atomic mass is 10.2. The second-order valence-corrected chi connectivity index (χ2v) is 5.49. The molecule has 0 N–H and O–H groups in total. The zero-order valence-corrected chi connectivity index (χ0v) is 12.2. The molecular weight excluding hydrogens is 272 g/mol. The monoisotopic (exact) mass is 290 g/mol. The van der Waals surface area contributed by atoms with Gasteiger partial charge in [0.05, 0.1) is 17.0 Å². The SMILES string of the molecule is Clc1ccccc1N1CCN(CCn2ccnc2)CC1. The first-order valence-corrected chi connectivity index (χ1v) is 7.38. The van der Waals surface area contributed by atoms with Crippen LogP contribution in [0.15, 0.2) is 43.0 Å². The highest BCUT2D eigenvalue weighted by Gasteiger charge is 2.18. The number of hydrogen-bond acceptors (Lipinski definition) is 3. The van der Waals surface area contributed by atoms with E-state index in [1.54, 1.807) is 0 Å². The summed E-state index contributed by atoms with van der Waals surface area (Å²) in [4.78, 5) is 8.93. The molecule has 0 aliphatic carbocycles. The van der Waals surface area contributed by atoms with E-state index in [9.17, 15) is 0 Å². The van der Waals surface area contributed by atoms with Crippen LogP contribution in [0.5, 0.6) is 0 Å². The fraction of sp³-hybridized carbons (Fsp3) is 0.400. The fourth-order valence-corrected chi connectivity index (χ4v) is 2.85. The Hall–Kier alpha value is -1.52. The van der Waals surface area contributed by atoms with Gasteiger partial charge in [0.15, 0.2) is 0 Å². The number of imidazole rings is 1. The number of para-hydroxylation sites is 1. The number of aromatic nitrogens is 2. The predicted molar refractivity (Wildman–Crippen MR) is 82.3 cm³/mol. The molecule has 0 saturated carbocycles. The Labute approximate surface area is 124 Å². The Morgan fingerprint density at radius 3 is 2.55 bits per heavy atom. The molecule has 2 aromatic rings. The zero-order valence-electron chi connectivity index (χ0n) is 11.5. The zero-order chi connectivity index (χ0) is 13.8.